The molecular formula is C7H13NaO3. The monoisotopic (exact) mass is 168 g/mol. The Morgan fingerprint density at radius 3 is 2.27 bits per heavy atom. The molecule has 0 saturated carbocycles. The van der Waals surface area contributed by atoms with Crippen molar-refractivity contribution in [2.24, 2.45) is 5.41 Å². The van der Waals surface area contributed by atoms with E-state index in [0.29, 0.717) is 12.8 Å². The van der Waals surface area contributed by atoms with Gasteiger partial charge in [-0.15, -0.1) is 0 Å². The van der Waals surface area contributed by atoms with Crippen molar-refractivity contribution in [3.05, 3.63) is 0 Å². The fourth-order valence-corrected chi connectivity index (χ4v) is 0.623. The van der Waals surface area contributed by atoms with Crippen molar-refractivity contribution in [3.8, 4) is 0 Å². The minimum absolute atomic E-state index is 0. The molecule has 0 aliphatic rings. The Labute approximate surface area is 89.1 Å². The van der Waals surface area contributed by atoms with Crippen LogP contribution in [0.4, 0.5) is 0 Å². The van der Waals surface area contributed by atoms with Gasteiger partial charge in [0, 0.05) is 18.0 Å². The Morgan fingerprint density at radius 2 is 2.00 bits per heavy atom. The molecule has 0 bridgehead atoms. The minimum atomic E-state index is -1.05. The SMILES string of the molecule is CC(C)(CCCO)C(=O)[O-].[Na+]. The van der Waals surface area contributed by atoms with Gasteiger partial charge in [-0.05, 0) is 12.8 Å². The molecule has 0 saturated heterocycles. The quantitative estimate of drug-likeness (QED) is 0.444. The second-order valence-electron chi connectivity index (χ2n) is 3.00. The van der Waals surface area contributed by atoms with Crippen LogP contribution in [0.2, 0.25) is 0 Å². The molecule has 0 spiro atoms. The van der Waals surface area contributed by atoms with Crippen molar-refractivity contribution < 1.29 is 44.6 Å². The van der Waals surface area contributed by atoms with Crippen LogP contribution in [0, 0.1) is 5.41 Å². The number of carbonyl (C=O) groups excluding carboxylic acids is 1. The van der Waals surface area contributed by atoms with Gasteiger partial charge in [0.2, 0.25) is 0 Å². The first-order valence-corrected chi connectivity index (χ1v) is 3.33. The number of aliphatic carboxylic acids is 1. The molecule has 0 aliphatic carbocycles. The third-order valence-electron chi connectivity index (χ3n) is 1.51. The molecule has 0 rings (SSSR count). The molecule has 3 nitrogen and oxygen atoms in total. The van der Waals surface area contributed by atoms with E-state index in [0.717, 1.165) is 0 Å². The largest absolute Gasteiger partial charge is 1.00 e. The standard InChI is InChI=1S/C7H14O3.Na/c1-7(2,6(9)10)4-3-5-8;/h8H,3-5H2,1-2H3,(H,9,10);/q;+1/p-1. The average molecular weight is 168 g/mol. The van der Waals surface area contributed by atoms with Crippen LogP contribution >= 0.6 is 0 Å². The molecule has 0 unspecified atom stereocenters. The first kappa shape index (κ1) is 14.0. The maximum atomic E-state index is 10.3. The van der Waals surface area contributed by atoms with Gasteiger partial charge in [0.15, 0.2) is 0 Å². The summed E-state index contributed by atoms with van der Waals surface area (Å²) in [6.45, 7) is 3.23. The summed E-state index contributed by atoms with van der Waals surface area (Å²) in [7, 11) is 0. The van der Waals surface area contributed by atoms with E-state index in [1.807, 2.05) is 0 Å². The third-order valence-corrected chi connectivity index (χ3v) is 1.51. The molecule has 1 N–H and O–H groups in total. The van der Waals surface area contributed by atoms with Crippen LogP contribution in [0.3, 0.4) is 0 Å². The molecule has 11 heavy (non-hydrogen) atoms. The average Bonchev–Trinajstić information content (AvgIpc) is 1.84. The smallest absolute Gasteiger partial charge is 0.550 e. The maximum Gasteiger partial charge on any atom is 1.00 e. The van der Waals surface area contributed by atoms with Crippen LogP contribution in [0.5, 0.6) is 0 Å². The van der Waals surface area contributed by atoms with Crippen molar-refractivity contribution in [2.75, 3.05) is 6.61 Å². The van der Waals surface area contributed by atoms with E-state index in [1.54, 1.807) is 13.8 Å². The predicted octanol–water partition coefficient (Wildman–Crippen LogP) is -3.46. The second-order valence-corrected chi connectivity index (χ2v) is 3.00. The fraction of sp³-hybridized carbons (Fsp3) is 0.857. The summed E-state index contributed by atoms with van der Waals surface area (Å²) in [5, 5.41) is 18.7. The molecule has 4 heteroatoms. The molecular weight excluding hydrogens is 155 g/mol. The second kappa shape index (κ2) is 6.00. The summed E-state index contributed by atoms with van der Waals surface area (Å²) in [5.74, 6) is -1.05. The molecule has 0 heterocycles. The van der Waals surface area contributed by atoms with Gasteiger partial charge in [-0.1, -0.05) is 13.8 Å². The third kappa shape index (κ3) is 5.67. The van der Waals surface area contributed by atoms with Crippen LogP contribution in [0.15, 0.2) is 0 Å². The van der Waals surface area contributed by atoms with Crippen LogP contribution in [0.25, 0.3) is 0 Å². The van der Waals surface area contributed by atoms with Crippen LogP contribution in [0.1, 0.15) is 26.7 Å². The van der Waals surface area contributed by atoms with Gasteiger partial charge < -0.3 is 15.0 Å². The van der Waals surface area contributed by atoms with Crippen molar-refractivity contribution >= 4 is 5.97 Å². The number of carboxylic acids is 1. The molecule has 0 aromatic heterocycles. The zero-order chi connectivity index (χ0) is 8.20. The zero-order valence-corrected chi connectivity index (χ0v) is 9.39. The summed E-state index contributed by atoms with van der Waals surface area (Å²) in [6.07, 6.45) is 0.979. The van der Waals surface area contributed by atoms with Gasteiger partial charge in [-0.2, -0.15) is 0 Å². The number of hydrogen-bond donors (Lipinski definition) is 1. The van der Waals surface area contributed by atoms with Crippen LogP contribution in [-0.4, -0.2) is 17.7 Å². The summed E-state index contributed by atoms with van der Waals surface area (Å²) in [4.78, 5) is 10.3. The zero-order valence-electron chi connectivity index (χ0n) is 7.39. The Hall–Kier alpha value is 0.430. The van der Waals surface area contributed by atoms with E-state index in [1.165, 1.54) is 0 Å². The van der Waals surface area contributed by atoms with Gasteiger partial charge in [0.1, 0.15) is 0 Å². The van der Waals surface area contributed by atoms with Gasteiger partial charge >= 0.3 is 29.6 Å². The molecule has 60 valence electrons. The minimum Gasteiger partial charge on any atom is -0.550 e. The Kier molecular flexibility index (Phi) is 7.63. The Balaban J connectivity index is 0. The molecule has 0 aromatic rings. The van der Waals surface area contributed by atoms with E-state index in [4.69, 9.17) is 5.11 Å². The predicted molar refractivity (Wildman–Crippen MR) is 35.1 cm³/mol. The number of aliphatic hydroxyl groups is 1. The first-order chi connectivity index (χ1) is 4.50. The normalized spacial score (nSPS) is 10.5. The van der Waals surface area contributed by atoms with Crippen LogP contribution in [-0.2, 0) is 4.79 Å². The maximum absolute atomic E-state index is 10.3. The molecule has 0 fully saturated rings. The van der Waals surface area contributed by atoms with Crippen molar-refractivity contribution in [3.63, 3.8) is 0 Å². The fourth-order valence-electron chi connectivity index (χ4n) is 0.623. The summed E-state index contributed by atoms with van der Waals surface area (Å²) >= 11 is 0. The van der Waals surface area contributed by atoms with E-state index < -0.39 is 11.4 Å². The topological polar surface area (TPSA) is 60.4 Å². The van der Waals surface area contributed by atoms with Crippen molar-refractivity contribution in [1.82, 2.24) is 0 Å². The first-order valence-electron chi connectivity index (χ1n) is 3.33. The van der Waals surface area contributed by atoms with Crippen molar-refractivity contribution in [1.29, 1.82) is 0 Å². The summed E-state index contributed by atoms with van der Waals surface area (Å²) < 4.78 is 0. The molecule has 0 aromatic carbocycles. The number of aliphatic hydroxyl groups excluding tert-OH is 1. The number of hydrogen-bond acceptors (Lipinski definition) is 3. The van der Waals surface area contributed by atoms with E-state index in [2.05, 4.69) is 0 Å². The molecule has 0 aliphatic heterocycles. The van der Waals surface area contributed by atoms with Crippen molar-refractivity contribution in [2.45, 2.75) is 26.7 Å². The van der Waals surface area contributed by atoms with Gasteiger partial charge in [-0.3, -0.25) is 0 Å². The Bertz CT molecular complexity index is 123. The summed E-state index contributed by atoms with van der Waals surface area (Å²) in [6, 6.07) is 0. The van der Waals surface area contributed by atoms with Gasteiger partial charge in [0.05, 0.1) is 0 Å². The van der Waals surface area contributed by atoms with Gasteiger partial charge in [-0.25, -0.2) is 0 Å². The van der Waals surface area contributed by atoms with E-state index >= 15 is 0 Å². The molecule has 0 amide bonds. The van der Waals surface area contributed by atoms with Crippen LogP contribution < -0.4 is 34.7 Å². The summed E-state index contributed by atoms with van der Waals surface area (Å²) in [5.41, 5.74) is -0.803. The number of carboxylic acid groups (broad SMARTS) is 1. The Morgan fingerprint density at radius 1 is 1.55 bits per heavy atom. The van der Waals surface area contributed by atoms with E-state index in [9.17, 15) is 9.90 Å². The number of rotatable bonds is 4. The van der Waals surface area contributed by atoms with Gasteiger partial charge in [0.25, 0.3) is 0 Å². The number of carbonyl (C=O) groups is 1. The van der Waals surface area contributed by atoms with E-state index in [-0.39, 0.29) is 36.2 Å². The molecule has 0 atom stereocenters. The molecule has 0 radical (unpaired) electrons.